The highest BCUT2D eigenvalue weighted by Crippen LogP contribution is 2.10. The van der Waals surface area contributed by atoms with Crippen molar-refractivity contribution in [2.24, 2.45) is 0 Å². The molecule has 132 valence electrons. The number of hydrogen-bond acceptors (Lipinski definition) is 2. The number of H-pyrrole nitrogens is 1. The fourth-order valence-corrected chi connectivity index (χ4v) is 3.06. The summed E-state index contributed by atoms with van der Waals surface area (Å²) in [5.74, 6) is -0.144. The molecule has 0 saturated carbocycles. The second-order valence-electron chi connectivity index (χ2n) is 6.26. The number of rotatable bonds is 5. The van der Waals surface area contributed by atoms with Crippen molar-refractivity contribution in [3.63, 3.8) is 0 Å². The van der Waals surface area contributed by atoms with Gasteiger partial charge < -0.3 is 14.8 Å². The van der Waals surface area contributed by atoms with Crippen LogP contribution in [0.5, 0.6) is 0 Å². The molecular weight excluding hydrogens is 321 g/mol. The molecule has 3 rings (SSSR count). The molecule has 2 aromatic rings. The molecule has 1 aromatic carbocycles. The van der Waals surface area contributed by atoms with Crippen molar-refractivity contribution in [3.05, 3.63) is 59.7 Å². The van der Waals surface area contributed by atoms with Crippen LogP contribution in [0, 0.1) is 5.82 Å². The average molecular weight is 343 g/mol. The third kappa shape index (κ3) is 4.68. The quantitative estimate of drug-likeness (QED) is 0.903. The lowest BCUT2D eigenvalue weighted by Crippen LogP contribution is -2.51. The van der Waals surface area contributed by atoms with Crippen LogP contribution in [0.2, 0.25) is 0 Å². The maximum Gasteiger partial charge on any atom is 0.228 e. The molecular formula is C19H22FN3O2. The zero-order valence-corrected chi connectivity index (χ0v) is 14.1. The standard InChI is InChI=1S/C19H22FN3O2/c20-16-4-1-3-15(13-16)6-7-18(24)22-9-11-23(12-10-22)19(25)14-17-5-2-8-21-17/h1-5,8,13,21H,6-7,9-12,14H2. The first-order valence-corrected chi connectivity index (χ1v) is 8.54. The van der Waals surface area contributed by atoms with Gasteiger partial charge in [-0.15, -0.1) is 0 Å². The molecule has 1 aliphatic rings. The number of hydrogen-bond donors (Lipinski definition) is 1. The zero-order valence-electron chi connectivity index (χ0n) is 14.1. The van der Waals surface area contributed by atoms with Crippen molar-refractivity contribution in [2.45, 2.75) is 19.3 Å². The monoisotopic (exact) mass is 343 g/mol. The van der Waals surface area contributed by atoms with Crippen LogP contribution in [0.1, 0.15) is 17.7 Å². The summed E-state index contributed by atoms with van der Waals surface area (Å²) in [4.78, 5) is 31.2. The number of amides is 2. The predicted octanol–water partition coefficient (Wildman–Crippen LogP) is 2.00. The molecule has 6 heteroatoms. The van der Waals surface area contributed by atoms with Crippen LogP contribution in [0.15, 0.2) is 42.6 Å². The lowest BCUT2D eigenvalue weighted by atomic mass is 10.1. The van der Waals surface area contributed by atoms with Gasteiger partial charge in [0.15, 0.2) is 0 Å². The normalized spacial score (nSPS) is 14.6. The molecule has 1 aliphatic heterocycles. The maximum atomic E-state index is 13.2. The topological polar surface area (TPSA) is 56.4 Å². The van der Waals surface area contributed by atoms with E-state index in [1.807, 2.05) is 18.2 Å². The van der Waals surface area contributed by atoms with Crippen molar-refractivity contribution in [1.29, 1.82) is 0 Å². The summed E-state index contributed by atoms with van der Waals surface area (Å²) in [6.45, 7) is 2.23. The van der Waals surface area contributed by atoms with E-state index in [0.717, 1.165) is 11.3 Å². The van der Waals surface area contributed by atoms with Crippen LogP contribution < -0.4 is 0 Å². The smallest absolute Gasteiger partial charge is 0.228 e. The molecule has 25 heavy (non-hydrogen) atoms. The van der Waals surface area contributed by atoms with Crippen molar-refractivity contribution in [1.82, 2.24) is 14.8 Å². The van der Waals surface area contributed by atoms with Gasteiger partial charge >= 0.3 is 0 Å². The van der Waals surface area contributed by atoms with E-state index in [0.29, 0.717) is 45.4 Å². The average Bonchev–Trinajstić information content (AvgIpc) is 3.13. The number of halogens is 1. The van der Waals surface area contributed by atoms with Gasteiger partial charge in [-0.1, -0.05) is 12.1 Å². The number of aryl methyl sites for hydroxylation is 1. The molecule has 0 radical (unpaired) electrons. The number of benzene rings is 1. The van der Waals surface area contributed by atoms with E-state index >= 15 is 0 Å². The third-order valence-corrected chi connectivity index (χ3v) is 4.51. The van der Waals surface area contributed by atoms with Crippen LogP contribution in [0.25, 0.3) is 0 Å². The molecule has 0 aliphatic carbocycles. The summed E-state index contributed by atoms with van der Waals surface area (Å²) in [6.07, 6.45) is 3.06. The Hall–Kier alpha value is -2.63. The van der Waals surface area contributed by atoms with Crippen LogP contribution in [-0.4, -0.2) is 52.8 Å². The molecule has 0 atom stereocenters. The van der Waals surface area contributed by atoms with E-state index in [1.165, 1.54) is 12.1 Å². The Bertz CT molecular complexity index is 722. The second kappa shape index (κ2) is 7.96. The molecule has 0 bridgehead atoms. The van der Waals surface area contributed by atoms with Crippen molar-refractivity contribution in [2.75, 3.05) is 26.2 Å². The highest BCUT2D eigenvalue weighted by Gasteiger charge is 2.24. The van der Waals surface area contributed by atoms with Crippen molar-refractivity contribution >= 4 is 11.8 Å². The van der Waals surface area contributed by atoms with E-state index in [-0.39, 0.29) is 17.6 Å². The van der Waals surface area contributed by atoms with Gasteiger partial charge in [0.1, 0.15) is 5.82 Å². The minimum absolute atomic E-state index is 0.0562. The van der Waals surface area contributed by atoms with Crippen LogP contribution in [0.3, 0.4) is 0 Å². The maximum absolute atomic E-state index is 13.2. The summed E-state index contributed by atoms with van der Waals surface area (Å²) in [5.41, 5.74) is 1.73. The summed E-state index contributed by atoms with van der Waals surface area (Å²) >= 11 is 0. The van der Waals surface area contributed by atoms with E-state index in [2.05, 4.69) is 4.98 Å². The van der Waals surface area contributed by atoms with Crippen LogP contribution in [0.4, 0.5) is 4.39 Å². The van der Waals surface area contributed by atoms with E-state index < -0.39 is 0 Å². The minimum atomic E-state index is -0.279. The summed E-state index contributed by atoms with van der Waals surface area (Å²) in [6, 6.07) is 10.1. The van der Waals surface area contributed by atoms with E-state index in [9.17, 15) is 14.0 Å². The van der Waals surface area contributed by atoms with Gasteiger partial charge in [0, 0.05) is 44.5 Å². The molecule has 0 unspecified atom stereocenters. The highest BCUT2D eigenvalue weighted by molar-refractivity contribution is 5.79. The first-order chi connectivity index (χ1) is 12.1. The number of piperazine rings is 1. The second-order valence-corrected chi connectivity index (χ2v) is 6.26. The van der Waals surface area contributed by atoms with Gasteiger partial charge in [-0.05, 0) is 36.2 Å². The molecule has 1 fully saturated rings. The number of aromatic nitrogens is 1. The number of carbonyl (C=O) groups is 2. The van der Waals surface area contributed by atoms with Gasteiger partial charge in [-0.2, -0.15) is 0 Å². The zero-order chi connectivity index (χ0) is 17.6. The van der Waals surface area contributed by atoms with Gasteiger partial charge in [0.25, 0.3) is 0 Å². The van der Waals surface area contributed by atoms with Gasteiger partial charge in [-0.25, -0.2) is 4.39 Å². The molecule has 1 aromatic heterocycles. The first-order valence-electron chi connectivity index (χ1n) is 8.54. The number of nitrogens with one attached hydrogen (secondary N) is 1. The van der Waals surface area contributed by atoms with Crippen molar-refractivity contribution in [3.8, 4) is 0 Å². The molecule has 1 saturated heterocycles. The molecule has 1 N–H and O–H groups in total. The predicted molar refractivity (Wildman–Crippen MR) is 92.4 cm³/mol. The fraction of sp³-hybridized carbons (Fsp3) is 0.368. The van der Waals surface area contributed by atoms with Crippen LogP contribution in [-0.2, 0) is 22.4 Å². The lowest BCUT2D eigenvalue weighted by Gasteiger charge is -2.35. The van der Waals surface area contributed by atoms with Gasteiger partial charge in [0.2, 0.25) is 11.8 Å². The van der Waals surface area contributed by atoms with Crippen molar-refractivity contribution < 1.29 is 14.0 Å². The summed E-state index contributed by atoms with van der Waals surface area (Å²) in [5, 5.41) is 0. The Balaban J connectivity index is 1.43. The SMILES string of the molecule is O=C(CCc1cccc(F)c1)N1CCN(C(=O)Cc2ccc[nH]2)CC1. The highest BCUT2D eigenvalue weighted by atomic mass is 19.1. The Morgan fingerprint density at radius 3 is 2.36 bits per heavy atom. The Labute approximate surface area is 146 Å². The number of aromatic amines is 1. The Kier molecular flexibility index (Phi) is 5.48. The van der Waals surface area contributed by atoms with E-state index in [1.54, 1.807) is 22.1 Å². The first kappa shape index (κ1) is 17.2. The molecule has 5 nitrogen and oxygen atoms in total. The van der Waals surface area contributed by atoms with E-state index in [4.69, 9.17) is 0 Å². The minimum Gasteiger partial charge on any atom is -0.365 e. The molecule has 2 heterocycles. The summed E-state index contributed by atoms with van der Waals surface area (Å²) in [7, 11) is 0. The Morgan fingerprint density at radius 1 is 1.00 bits per heavy atom. The lowest BCUT2D eigenvalue weighted by molar-refractivity contribution is -0.139. The number of nitrogens with zero attached hydrogens (tertiary/aromatic N) is 2. The fourth-order valence-electron chi connectivity index (χ4n) is 3.06. The Morgan fingerprint density at radius 2 is 1.72 bits per heavy atom. The largest absolute Gasteiger partial charge is 0.365 e. The van der Waals surface area contributed by atoms with Crippen LogP contribution >= 0.6 is 0 Å². The third-order valence-electron chi connectivity index (χ3n) is 4.51. The van der Waals surface area contributed by atoms with Gasteiger partial charge in [-0.3, -0.25) is 9.59 Å². The molecule has 0 spiro atoms. The number of carbonyl (C=O) groups excluding carboxylic acids is 2. The van der Waals surface area contributed by atoms with Gasteiger partial charge in [0.05, 0.1) is 6.42 Å². The molecule has 2 amide bonds. The summed E-state index contributed by atoms with van der Waals surface area (Å²) < 4.78 is 13.2.